The van der Waals surface area contributed by atoms with Crippen LogP contribution in [0.4, 0.5) is 13.2 Å². The van der Waals surface area contributed by atoms with Gasteiger partial charge in [0, 0.05) is 6.04 Å². The molecule has 1 unspecified atom stereocenters. The molecule has 1 aromatic carbocycles. The van der Waals surface area contributed by atoms with Crippen LogP contribution in [0.2, 0.25) is 5.02 Å². The third kappa shape index (κ3) is 6.70. The van der Waals surface area contributed by atoms with Gasteiger partial charge in [-0.2, -0.15) is 13.2 Å². The van der Waals surface area contributed by atoms with Gasteiger partial charge in [0.05, 0.1) is 22.2 Å². The van der Waals surface area contributed by atoms with E-state index in [1.54, 1.807) is 6.26 Å². The highest BCUT2D eigenvalue weighted by Gasteiger charge is 2.32. The number of allylic oxidation sites excluding steroid dienone is 3. The Morgan fingerprint density at radius 2 is 1.97 bits per heavy atom. The van der Waals surface area contributed by atoms with E-state index < -0.39 is 17.6 Å². The van der Waals surface area contributed by atoms with Gasteiger partial charge in [-0.15, -0.1) is 0 Å². The highest BCUT2D eigenvalue weighted by atomic mass is 35.5. The summed E-state index contributed by atoms with van der Waals surface area (Å²) in [5.41, 5.74) is 0.189. The van der Waals surface area contributed by atoms with Crippen molar-refractivity contribution in [3.05, 3.63) is 82.7 Å². The minimum Gasteiger partial charge on any atom is -0.466 e. The lowest BCUT2D eigenvalue weighted by Gasteiger charge is -2.32. The summed E-state index contributed by atoms with van der Waals surface area (Å²) in [5.74, 6) is 0.547. The van der Waals surface area contributed by atoms with Crippen LogP contribution in [0.5, 0.6) is 0 Å². The maximum Gasteiger partial charge on any atom is 0.416 e. The van der Waals surface area contributed by atoms with Crippen LogP contribution in [-0.4, -0.2) is 24.5 Å². The van der Waals surface area contributed by atoms with E-state index in [1.807, 2.05) is 0 Å². The van der Waals surface area contributed by atoms with Crippen molar-refractivity contribution in [2.24, 2.45) is 5.92 Å². The fraction of sp³-hybridized carbons (Fsp3) is 0.423. The number of nitrogens with one attached hydrogen (secondary N) is 2. The van der Waals surface area contributed by atoms with E-state index in [0.717, 1.165) is 63.3 Å². The number of hydrogen-bond acceptors (Lipinski definition) is 4. The molecule has 188 valence electrons. The van der Waals surface area contributed by atoms with E-state index in [0.29, 0.717) is 11.7 Å². The Kier molecular flexibility index (Phi) is 8.23. The second-order valence-corrected chi connectivity index (χ2v) is 9.39. The third-order valence-electron chi connectivity index (χ3n) is 6.55. The standard InChI is InChI=1S/C26H28ClF3N2O3/c27-22-11-8-19(26(28,29)30)14-21(22)25(33)32-20-9-6-17(7-10-20)15-31-24(18-4-2-1-3-5-18)23-16-34-12-13-35-23/h1-2,4,8,11-14,16-17,20,24,31H,3,5-7,9-10,15H2,(H,32,33). The number of carbonyl (C=O) groups is 1. The average Bonchev–Trinajstić information content (AvgIpc) is 2.86. The van der Waals surface area contributed by atoms with Gasteiger partial charge >= 0.3 is 6.18 Å². The second-order valence-electron chi connectivity index (χ2n) is 8.98. The molecule has 5 nitrogen and oxygen atoms in total. The molecule has 9 heteroatoms. The fourth-order valence-corrected chi connectivity index (χ4v) is 4.82. The quantitative estimate of drug-likeness (QED) is 0.457. The van der Waals surface area contributed by atoms with Crippen LogP contribution in [0.25, 0.3) is 0 Å². The molecule has 2 N–H and O–H groups in total. The Bertz CT molecular complexity index is 1040. The topological polar surface area (TPSA) is 59.6 Å². The third-order valence-corrected chi connectivity index (χ3v) is 6.88. The van der Waals surface area contributed by atoms with Crippen molar-refractivity contribution in [3.63, 3.8) is 0 Å². The highest BCUT2D eigenvalue weighted by Crippen LogP contribution is 2.32. The largest absolute Gasteiger partial charge is 0.466 e. The molecule has 1 aliphatic heterocycles. The zero-order valence-corrected chi connectivity index (χ0v) is 19.9. The molecule has 0 spiro atoms. The van der Waals surface area contributed by atoms with Crippen molar-refractivity contribution >= 4 is 17.5 Å². The molecule has 0 radical (unpaired) electrons. The Labute approximate surface area is 207 Å². The molecule has 2 aliphatic carbocycles. The molecule has 0 saturated heterocycles. The maximum atomic E-state index is 13.0. The molecule has 1 saturated carbocycles. The normalized spacial score (nSPS) is 23.0. The van der Waals surface area contributed by atoms with E-state index in [1.165, 1.54) is 18.1 Å². The van der Waals surface area contributed by atoms with Gasteiger partial charge in [-0.05, 0) is 74.8 Å². The highest BCUT2D eigenvalue weighted by molar-refractivity contribution is 6.33. The first-order valence-electron chi connectivity index (χ1n) is 11.7. The minimum absolute atomic E-state index is 0.00403. The molecular weight excluding hydrogens is 481 g/mol. The first-order valence-corrected chi connectivity index (χ1v) is 12.1. The van der Waals surface area contributed by atoms with Gasteiger partial charge in [0.2, 0.25) is 0 Å². The summed E-state index contributed by atoms with van der Waals surface area (Å²) in [4.78, 5) is 12.6. The van der Waals surface area contributed by atoms with Gasteiger partial charge in [-0.25, -0.2) is 0 Å². The molecule has 0 bridgehead atoms. The second kappa shape index (κ2) is 11.4. The first kappa shape index (κ1) is 25.4. The van der Waals surface area contributed by atoms with E-state index in [-0.39, 0.29) is 22.7 Å². The maximum absolute atomic E-state index is 13.0. The molecule has 1 aromatic rings. The molecule has 35 heavy (non-hydrogen) atoms. The summed E-state index contributed by atoms with van der Waals surface area (Å²) in [5, 5.41) is 6.48. The van der Waals surface area contributed by atoms with Crippen molar-refractivity contribution < 1.29 is 27.4 Å². The summed E-state index contributed by atoms with van der Waals surface area (Å²) < 4.78 is 50.0. The lowest BCUT2D eigenvalue weighted by molar-refractivity contribution is -0.137. The van der Waals surface area contributed by atoms with Crippen LogP contribution in [0.1, 0.15) is 54.4 Å². The monoisotopic (exact) mass is 508 g/mol. The molecule has 0 aromatic heterocycles. The van der Waals surface area contributed by atoms with Gasteiger partial charge in [0.25, 0.3) is 5.91 Å². The lowest BCUT2D eigenvalue weighted by Crippen LogP contribution is -2.41. The zero-order chi connectivity index (χ0) is 24.8. The van der Waals surface area contributed by atoms with Crippen molar-refractivity contribution in [1.29, 1.82) is 0 Å². The summed E-state index contributed by atoms with van der Waals surface area (Å²) in [6, 6.07) is 2.62. The lowest BCUT2D eigenvalue weighted by atomic mass is 9.85. The van der Waals surface area contributed by atoms with Crippen LogP contribution in [0, 0.1) is 5.92 Å². The van der Waals surface area contributed by atoms with Crippen molar-refractivity contribution in [1.82, 2.24) is 10.6 Å². The fourth-order valence-electron chi connectivity index (χ4n) is 4.62. The summed E-state index contributed by atoms with van der Waals surface area (Å²) >= 11 is 6.01. The van der Waals surface area contributed by atoms with Crippen LogP contribution in [0.15, 0.2) is 66.5 Å². The Morgan fingerprint density at radius 1 is 1.17 bits per heavy atom. The summed E-state index contributed by atoms with van der Waals surface area (Å²) in [6.45, 7) is 0.774. The van der Waals surface area contributed by atoms with Crippen LogP contribution in [-0.2, 0) is 15.7 Å². The molecular formula is C26H28ClF3N2O3. The molecule has 3 aliphatic rings. The van der Waals surface area contributed by atoms with Crippen LogP contribution >= 0.6 is 11.6 Å². The van der Waals surface area contributed by atoms with E-state index >= 15 is 0 Å². The molecule has 1 amide bonds. The van der Waals surface area contributed by atoms with E-state index in [9.17, 15) is 18.0 Å². The zero-order valence-electron chi connectivity index (χ0n) is 19.1. The molecule has 1 atom stereocenters. The van der Waals surface area contributed by atoms with Gasteiger partial charge in [0.1, 0.15) is 18.8 Å². The van der Waals surface area contributed by atoms with Gasteiger partial charge in [-0.1, -0.05) is 29.8 Å². The number of rotatable bonds is 7. The van der Waals surface area contributed by atoms with E-state index in [4.69, 9.17) is 21.1 Å². The van der Waals surface area contributed by atoms with Crippen molar-refractivity contribution in [2.75, 3.05) is 6.54 Å². The van der Waals surface area contributed by atoms with Crippen LogP contribution < -0.4 is 10.6 Å². The van der Waals surface area contributed by atoms with Gasteiger partial charge < -0.3 is 20.1 Å². The predicted molar refractivity (Wildman–Crippen MR) is 127 cm³/mol. The molecule has 1 fully saturated rings. The number of benzene rings is 1. The number of alkyl halides is 3. The number of hydrogen-bond donors (Lipinski definition) is 2. The van der Waals surface area contributed by atoms with Crippen molar-refractivity contribution in [2.45, 2.75) is 56.8 Å². The Morgan fingerprint density at radius 3 is 2.63 bits per heavy atom. The predicted octanol–water partition coefficient (Wildman–Crippen LogP) is 6.24. The van der Waals surface area contributed by atoms with Crippen molar-refractivity contribution in [3.8, 4) is 0 Å². The number of halogens is 4. The minimum atomic E-state index is -4.53. The van der Waals surface area contributed by atoms with E-state index in [2.05, 4.69) is 28.9 Å². The average molecular weight is 509 g/mol. The Balaban J connectivity index is 1.30. The Hall–Kier alpha value is -2.71. The smallest absolute Gasteiger partial charge is 0.416 e. The summed E-state index contributed by atoms with van der Waals surface area (Å²) in [7, 11) is 0. The SMILES string of the molecule is O=C(NC1CCC(CNC(C2=CC=CCC2)C2=COC=CO2)CC1)c1cc(C(F)(F)F)ccc1Cl. The number of carbonyl (C=O) groups excluding carboxylic acids is 1. The van der Waals surface area contributed by atoms with Crippen LogP contribution in [0.3, 0.4) is 0 Å². The van der Waals surface area contributed by atoms with Gasteiger partial charge in [0.15, 0.2) is 5.76 Å². The summed E-state index contributed by atoms with van der Waals surface area (Å²) in [6.07, 6.45) is 11.6. The van der Waals surface area contributed by atoms with Gasteiger partial charge in [-0.3, -0.25) is 4.79 Å². The number of amides is 1. The first-order chi connectivity index (χ1) is 16.8. The molecule has 4 rings (SSSR count). The number of ether oxygens (including phenoxy) is 2. The molecule has 1 heterocycles.